The summed E-state index contributed by atoms with van der Waals surface area (Å²) in [6.07, 6.45) is 1.93. The van der Waals surface area contributed by atoms with Crippen LogP contribution in [0.4, 0.5) is 10.2 Å². The number of benzene rings is 2. The number of nitrogens with zero attached hydrogens (tertiary/aromatic N) is 2. The zero-order valence-corrected chi connectivity index (χ0v) is 17.3. The van der Waals surface area contributed by atoms with Crippen molar-refractivity contribution in [3.63, 3.8) is 0 Å². The van der Waals surface area contributed by atoms with Crippen molar-refractivity contribution >= 4 is 28.3 Å². The van der Waals surface area contributed by atoms with E-state index in [1.54, 1.807) is 12.1 Å². The van der Waals surface area contributed by atoms with E-state index < -0.39 is 0 Å². The zero-order valence-electron chi connectivity index (χ0n) is 16.6. The highest BCUT2D eigenvalue weighted by molar-refractivity contribution is 6.33. The van der Waals surface area contributed by atoms with Crippen LogP contribution < -0.4 is 4.90 Å². The molecule has 0 unspecified atom stereocenters. The summed E-state index contributed by atoms with van der Waals surface area (Å²) in [5.41, 5.74) is 5.32. The van der Waals surface area contributed by atoms with Crippen LogP contribution in [0.2, 0.25) is 5.02 Å². The molecule has 0 radical (unpaired) electrons. The Labute approximate surface area is 179 Å². The summed E-state index contributed by atoms with van der Waals surface area (Å²) in [6.45, 7) is 5.31. The van der Waals surface area contributed by atoms with Crippen LogP contribution >= 0.6 is 11.6 Å². The van der Waals surface area contributed by atoms with E-state index in [-0.39, 0.29) is 5.82 Å². The largest absolute Gasteiger partial charge is 0.378 e. The Morgan fingerprint density at radius 1 is 1.10 bits per heavy atom. The number of anilines is 1. The Morgan fingerprint density at radius 3 is 2.70 bits per heavy atom. The third kappa shape index (κ3) is 3.44. The van der Waals surface area contributed by atoms with E-state index in [4.69, 9.17) is 21.3 Å². The Morgan fingerprint density at radius 2 is 1.93 bits per heavy atom. The van der Waals surface area contributed by atoms with Crippen LogP contribution in [-0.2, 0) is 4.74 Å². The van der Waals surface area contributed by atoms with Crippen LogP contribution in [0.5, 0.6) is 0 Å². The summed E-state index contributed by atoms with van der Waals surface area (Å²) < 4.78 is 19.8. The standard InChI is InChI=1S/C24H21ClFN3O/c1-15-11-23(29-7-9-30-10-8-29)27-14-18(15)16-5-6-21-17(12-16)13-22(28-21)24-19(25)3-2-4-20(24)26/h2-6,11-14,28H,7-10H2,1H3. The first-order valence-electron chi connectivity index (χ1n) is 9.97. The molecule has 1 fully saturated rings. The molecule has 0 atom stereocenters. The summed E-state index contributed by atoms with van der Waals surface area (Å²) in [5.74, 6) is 0.645. The molecular weight excluding hydrogens is 401 g/mol. The molecule has 30 heavy (non-hydrogen) atoms. The van der Waals surface area contributed by atoms with Crippen LogP contribution in [0.15, 0.2) is 54.7 Å². The minimum Gasteiger partial charge on any atom is -0.378 e. The van der Waals surface area contributed by atoms with Crippen molar-refractivity contribution in [1.82, 2.24) is 9.97 Å². The summed E-state index contributed by atoms with van der Waals surface area (Å²) in [6, 6.07) is 15.0. The predicted octanol–water partition coefficient (Wildman–Crippen LogP) is 5.83. The van der Waals surface area contributed by atoms with E-state index >= 15 is 0 Å². The fraction of sp³-hybridized carbons (Fsp3) is 0.208. The van der Waals surface area contributed by atoms with Gasteiger partial charge in [-0.15, -0.1) is 0 Å². The van der Waals surface area contributed by atoms with Crippen LogP contribution in [0, 0.1) is 12.7 Å². The second-order valence-electron chi connectivity index (χ2n) is 7.54. The third-order valence-corrected chi connectivity index (χ3v) is 5.91. The van der Waals surface area contributed by atoms with Gasteiger partial charge in [0.25, 0.3) is 0 Å². The maximum atomic E-state index is 14.3. The molecule has 1 saturated heterocycles. The van der Waals surface area contributed by atoms with E-state index in [0.717, 1.165) is 54.2 Å². The highest BCUT2D eigenvalue weighted by Crippen LogP contribution is 2.34. The van der Waals surface area contributed by atoms with Gasteiger partial charge in [0.05, 0.1) is 29.5 Å². The average Bonchev–Trinajstić information content (AvgIpc) is 3.17. The number of fused-ring (bicyclic) bond motifs is 1. The Balaban J connectivity index is 1.51. The predicted molar refractivity (Wildman–Crippen MR) is 120 cm³/mol. The van der Waals surface area contributed by atoms with Crippen molar-refractivity contribution in [3.05, 3.63) is 71.1 Å². The van der Waals surface area contributed by atoms with Gasteiger partial charge < -0.3 is 14.6 Å². The van der Waals surface area contributed by atoms with Crippen molar-refractivity contribution in [2.24, 2.45) is 0 Å². The molecule has 3 heterocycles. The molecule has 1 N–H and O–H groups in total. The third-order valence-electron chi connectivity index (χ3n) is 5.60. The number of hydrogen-bond acceptors (Lipinski definition) is 3. The van der Waals surface area contributed by atoms with Gasteiger partial charge in [-0.2, -0.15) is 0 Å². The van der Waals surface area contributed by atoms with E-state index in [1.165, 1.54) is 11.6 Å². The summed E-state index contributed by atoms with van der Waals surface area (Å²) in [5, 5.41) is 1.39. The lowest BCUT2D eigenvalue weighted by atomic mass is 10.0. The van der Waals surface area contributed by atoms with Crippen LogP contribution in [0.25, 0.3) is 33.3 Å². The van der Waals surface area contributed by atoms with Crippen molar-refractivity contribution < 1.29 is 9.13 Å². The van der Waals surface area contributed by atoms with Gasteiger partial charge in [0, 0.05) is 35.8 Å². The van der Waals surface area contributed by atoms with E-state index in [1.807, 2.05) is 18.3 Å². The number of aryl methyl sites for hydroxylation is 1. The van der Waals surface area contributed by atoms with Crippen molar-refractivity contribution in [2.45, 2.75) is 6.92 Å². The van der Waals surface area contributed by atoms with E-state index in [0.29, 0.717) is 16.3 Å². The van der Waals surface area contributed by atoms with Gasteiger partial charge in [0.2, 0.25) is 0 Å². The smallest absolute Gasteiger partial charge is 0.134 e. The Kier molecular flexibility index (Phi) is 4.93. The molecule has 0 amide bonds. The maximum absolute atomic E-state index is 14.3. The fourth-order valence-electron chi connectivity index (χ4n) is 4.00. The molecule has 4 nitrogen and oxygen atoms in total. The van der Waals surface area contributed by atoms with Crippen LogP contribution in [-0.4, -0.2) is 36.3 Å². The first-order chi connectivity index (χ1) is 14.6. The van der Waals surface area contributed by atoms with Gasteiger partial charge >= 0.3 is 0 Å². The number of ether oxygens (including phenoxy) is 1. The van der Waals surface area contributed by atoms with Gasteiger partial charge in [-0.25, -0.2) is 9.37 Å². The second kappa shape index (κ2) is 7.74. The molecule has 5 rings (SSSR count). The van der Waals surface area contributed by atoms with Crippen LogP contribution in [0.3, 0.4) is 0 Å². The van der Waals surface area contributed by atoms with Gasteiger partial charge in [-0.3, -0.25) is 0 Å². The first-order valence-corrected chi connectivity index (χ1v) is 10.3. The van der Waals surface area contributed by atoms with Crippen molar-refractivity contribution in [3.8, 4) is 22.4 Å². The number of hydrogen-bond donors (Lipinski definition) is 1. The molecule has 0 saturated carbocycles. The number of rotatable bonds is 3. The number of aromatic nitrogens is 2. The lowest BCUT2D eigenvalue weighted by Crippen LogP contribution is -2.36. The number of aromatic amines is 1. The van der Waals surface area contributed by atoms with E-state index in [9.17, 15) is 4.39 Å². The second-order valence-corrected chi connectivity index (χ2v) is 7.95. The number of halogens is 2. The summed E-state index contributed by atoms with van der Waals surface area (Å²) >= 11 is 6.24. The minimum absolute atomic E-state index is 0.340. The zero-order chi connectivity index (χ0) is 20.7. The highest BCUT2D eigenvalue weighted by atomic mass is 35.5. The molecule has 152 valence electrons. The number of morpholine rings is 1. The minimum atomic E-state index is -0.340. The summed E-state index contributed by atoms with van der Waals surface area (Å²) in [4.78, 5) is 10.2. The topological polar surface area (TPSA) is 41.1 Å². The number of pyridine rings is 1. The Hall–Kier alpha value is -2.89. The van der Waals surface area contributed by atoms with Gasteiger partial charge in [0.1, 0.15) is 11.6 Å². The molecule has 1 aliphatic rings. The molecule has 6 heteroatoms. The molecular formula is C24H21ClFN3O. The molecule has 4 aromatic rings. The lowest BCUT2D eigenvalue weighted by Gasteiger charge is -2.28. The van der Waals surface area contributed by atoms with Gasteiger partial charge in [-0.1, -0.05) is 23.7 Å². The number of H-pyrrole nitrogens is 1. The highest BCUT2D eigenvalue weighted by Gasteiger charge is 2.15. The van der Waals surface area contributed by atoms with Crippen molar-refractivity contribution in [1.29, 1.82) is 0 Å². The number of nitrogens with one attached hydrogen (secondary N) is 1. The van der Waals surface area contributed by atoms with Gasteiger partial charge in [0.15, 0.2) is 0 Å². The monoisotopic (exact) mass is 421 g/mol. The molecule has 0 bridgehead atoms. The van der Waals surface area contributed by atoms with Crippen LogP contribution in [0.1, 0.15) is 5.56 Å². The maximum Gasteiger partial charge on any atom is 0.134 e. The molecule has 1 aliphatic heterocycles. The van der Waals surface area contributed by atoms with Crippen molar-refractivity contribution in [2.75, 3.05) is 31.2 Å². The Bertz CT molecular complexity index is 1210. The molecule has 0 spiro atoms. The summed E-state index contributed by atoms with van der Waals surface area (Å²) in [7, 11) is 0. The van der Waals surface area contributed by atoms with Gasteiger partial charge in [-0.05, 0) is 54.4 Å². The molecule has 0 aliphatic carbocycles. The quantitative estimate of drug-likeness (QED) is 0.452. The normalized spacial score (nSPS) is 14.4. The molecule has 2 aromatic heterocycles. The fourth-order valence-corrected chi connectivity index (χ4v) is 4.26. The first kappa shape index (κ1) is 19.1. The SMILES string of the molecule is Cc1cc(N2CCOCC2)ncc1-c1ccc2[nH]c(-c3c(F)cccc3Cl)cc2c1. The average molecular weight is 422 g/mol. The molecule has 2 aromatic carbocycles. The van der Waals surface area contributed by atoms with E-state index in [2.05, 4.69) is 35.0 Å². The lowest BCUT2D eigenvalue weighted by molar-refractivity contribution is 0.122.